The number of rotatable bonds is 8. The maximum absolute atomic E-state index is 11.5. The van der Waals surface area contributed by atoms with Crippen molar-refractivity contribution < 1.29 is 4.79 Å². The average molecular weight is 278 g/mol. The maximum Gasteiger partial charge on any atom is 0.220 e. The van der Waals surface area contributed by atoms with Gasteiger partial charge in [-0.15, -0.1) is 0 Å². The van der Waals surface area contributed by atoms with Crippen LogP contribution in [-0.2, 0) is 4.79 Å². The molecule has 0 radical (unpaired) electrons. The summed E-state index contributed by atoms with van der Waals surface area (Å²) >= 11 is 3.49. The van der Waals surface area contributed by atoms with E-state index < -0.39 is 0 Å². The molecule has 2 unspecified atom stereocenters. The lowest BCUT2D eigenvalue weighted by atomic mass is 10.1. The van der Waals surface area contributed by atoms with Crippen LogP contribution in [0.3, 0.4) is 0 Å². The standard InChI is InChI=1S/C12H24BrNO/c1-4-5-6-7-8-12(15)14-11(3)9-10(2)13/h10-11H,4-9H2,1-3H3,(H,14,15). The number of unbranched alkanes of at least 4 members (excludes halogenated alkanes) is 3. The molecule has 0 saturated carbocycles. The molecule has 0 aromatic rings. The van der Waals surface area contributed by atoms with Crippen molar-refractivity contribution in [1.29, 1.82) is 0 Å². The second-order valence-corrected chi connectivity index (χ2v) is 5.86. The zero-order valence-corrected chi connectivity index (χ0v) is 11.8. The van der Waals surface area contributed by atoms with Crippen LogP contribution >= 0.6 is 15.9 Å². The van der Waals surface area contributed by atoms with Gasteiger partial charge in [0.2, 0.25) is 5.91 Å². The minimum Gasteiger partial charge on any atom is -0.354 e. The van der Waals surface area contributed by atoms with Crippen molar-refractivity contribution in [2.45, 2.75) is 70.2 Å². The summed E-state index contributed by atoms with van der Waals surface area (Å²) in [7, 11) is 0. The monoisotopic (exact) mass is 277 g/mol. The van der Waals surface area contributed by atoms with Crippen LogP contribution in [0, 0.1) is 0 Å². The fourth-order valence-electron chi connectivity index (χ4n) is 1.61. The molecule has 0 saturated heterocycles. The zero-order valence-electron chi connectivity index (χ0n) is 10.2. The van der Waals surface area contributed by atoms with Crippen LogP contribution in [0.4, 0.5) is 0 Å². The molecule has 0 aliphatic rings. The van der Waals surface area contributed by atoms with Gasteiger partial charge in [0.25, 0.3) is 0 Å². The lowest BCUT2D eigenvalue weighted by Crippen LogP contribution is -2.33. The maximum atomic E-state index is 11.5. The number of alkyl halides is 1. The molecule has 0 aliphatic carbocycles. The Balaban J connectivity index is 3.47. The molecule has 15 heavy (non-hydrogen) atoms. The van der Waals surface area contributed by atoms with E-state index in [1.54, 1.807) is 0 Å². The molecule has 0 aromatic carbocycles. The molecule has 0 spiro atoms. The quantitative estimate of drug-likeness (QED) is 0.533. The van der Waals surface area contributed by atoms with Crippen LogP contribution in [0.2, 0.25) is 0 Å². The Morgan fingerprint density at radius 3 is 2.47 bits per heavy atom. The van der Waals surface area contributed by atoms with E-state index >= 15 is 0 Å². The number of hydrogen-bond acceptors (Lipinski definition) is 1. The van der Waals surface area contributed by atoms with Gasteiger partial charge in [0, 0.05) is 17.3 Å². The molecular formula is C12H24BrNO. The van der Waals surface area contributed by atoms with Gasteiger partial charge in [-0.1, -0.05) is 49.0 Å². The highest BCUT2D eigenvalue weighted by Crippen LogP contribution is 2.07. The molecular weight excluding hydrogens is 254 g/mol. The highest BCUT2D eigenvalue weighted by Gasteiger charge is 2.08. The van der Waals surface area contributed by atoms with Gasteiger partial charge in [0.05, 0.1) is 0 Å². The van der Waals surface area contributed by atoms with E-state index in [-0.39, 0.29) is 11.9 Å². The lowest BCUT2D eigenvalue weighted by Gasteiger charge is -2.14. The van der Waals surface area contributed by atoms with Crippen LogP contribution in [0.1, 0.15) is 59.3 Å². The summed E-state index contributed by atoms with van der Waals surface area (Å²) in [5.74, 6) is 0.201. The first-order valence-corrected chi connectivity index (χ1v) is 6.91. The largest absolute Gasteiger partial charge is 0.354 e. The number of carbonyl (C=O) groups excluding carboxylic acids is 1. The van der Waals surface area contributed by atoms with Gasteiger partial charge in [-0.05, 0) is 19.8 Å². The molecule has 2 nitrogen and oxygen atoms in total. The van der Waals surface area contributed by atoms with E-state index in [0.717, 1.165) is 12.8 Å². The lowest BCUT2D eigenvalue weighted by molar-refractivity contribution is -0.121. The molecule has 0 fully saturated rings. The van der Waals surface area contributed by atoms with Crippen molar-refractivity contribution in [2.24, 2.45) is 0 Å². The first-order chi connectivity index (χ1) is 7.06. The van der Waals surface area contributed by atoms with Crippen LogP contribution in [0.25, 0.3) is 0 Å². The summed E-state index contributed by atoms with van der Waals surface area (Å²) in [5, 5.41) is 3.02. The first kappa shape index (κ1) is 14.9. The van der Waals surface area contributed by atoms with Gasteiger partial charge in [-0.25, -0.2) is 0 Å². The second-order valence-electron chi connectivity index (χ2n) is 4.30. The normalized spacial score (nSPS) is 14.7. The Morgan fingerprint density at radius 1 is 1.27 bits per heavy atom. The van der Waals surface area contributed by atoms with Crippen molar-refractivity contribution in [3.05, 3.63) is 0 Å². The van der Waals surface area contributed by atoms with Gasteiger partial charge in [0.15, 0.2) is 0 Å². The van der Waals surface area contributed by atoms with Crippen molar-refractivity contribution >= 4 is 21.8 Å². The molecule has 0 bridgehead atoms. The van der Waals surface area contributed by atoms with Gasteiger partial charge < -0.3 is 5.32 Å². The summed E-state index contributed by atoms with van der Waals surface area (Å²) in [6, 6.07) is 0.276. The van der Waals surface area contributed by atoms with E-state index in [0.29, 0.717) is 11.2 Å². The molecule has 2 atom stereocenters. The predicted molar refractivity (Wildman–Crippen MR) is 69.4 cm³/mol. The van der Waals surface area contributed by atoms with Gasteiger partial charge in [-0.2, -0.15) is 0 Å². The molecule has 0 aliphatic heterocycles. The number of nitrogens with one attached hydrogen (secondary N) is 1. The molecule has 0 heterocycles. The summed E-state index contributed by atoms with van der Waals surface area (Å²) in [6.45, 7) is 6.34. The summed E-state index contributed by atoms with van der Waals surface area (Å²) in [6.07, 6.45) is 6.32. The van der Waals surface area contributed by atoms with Crippen molar-refractivity contribution in [3.63, 3.8) is 0 Å². The van der Waals surface area contributed by atoms with Gasteiger partial charge in [-0.3, -0.25) is 4.79 Å². The van der Waals surface area contributed by atoms with Gasteiger partial charge >= 0.3 is 0 Å². The van der Waals surface area contributed by atoms with Crippen molar-refractivity contribution in [3.8, 4) is 0 Å². The molecule has 0 rings (SSSR count). The van der Waals surface area contributed by atoms with E-state index in [1.807, 2.05) is 0 Å². The number of amides is 1. The Kier molecular flexibility index (Phi) is 9.17. The molecule has 3 heteroatoms. The van der Waals surface area contributed by atoms with Crippen molar-refractivity contribution in [1.82, 2.24) is 5.32 Å². The third-order valence-corrected chi connectivity index (χ3v) is 2.72. The van der Waals surface area contributed by atoms with E-state index in [2.05, 4.69) is 42.0 Å². The fourth-order valence-corrected chi connectivity index (χ4v) is 2.17. The first-order valence-electron chi connectivity index (χ1n) is 5.99. The summed E-state index contributed by atoms with van der Waals surface area (Å²) in [5.41, 5.74) is 0. The Morgan fingerprint density at radius 2 is 1.93 bits per heavy atom. The molecule has 0 aromatic heterocycles. The minimum atomic E-state index is 0.201. The van der Waals surface area contributed by atoms with Crippen LogP contribution in [0.5, 0.6) is 0 Å². The smallest absolute Gasteiger partial charge is 0.220 e. The summed E-state index contributed by atoms with van der Waals surface area (Å²) in [4.78, 5) is 11.9. The highest BCUT2D eigenvalue weighted by atomic mass is 79.9. The number of carbonyl (C=O) groups is 1. The van der Waals surface area contributed by atoms with Crippen molar-refractivity contribution in [2.75, 3.05) is 0 Å². The minimum absolute atomic E-state index is 0.201. The molecule has 1 N–H and O–H groups in total. The summed E-state index contributed by atoms with van der Waals surface area (Å²) < 4.78 is 0. The number of halogens is 1. The topological polar surface area (TPSA) is 29.1 Å². The molecule has 1 amide bonds. The average Bonchev–Trinajstić information content (AvgIpc) is 2.10. The predicted octanol–water partition coefficient (Wildman–Crippen LogP) is 3.64. The van der Waals surface area contributed by atoms with Crippen LogP contribution < -0.4 is 5.32 Å². The van der Waals surface area contributed by atoms with Crippen LogP contribution in [0.15, 0.2) is 0 Å². The van der Waals surface area contributed by atoms with Gasteiger partial charge in [0.1, 0.15) is 0 Å². The third-order valence-electron chi connectivity index (χ3n) is 2.34. The molecule has 90 valence electrons. The van der Waals surface area contributed by atoms with Crippen LogP contribution in [-0.4, -0.2) is 16.8 Å². The third kappa shape index (κ3) is 10.2. The number of hydrogen-bond donors (Lipinski definition) is 1. The Bertz CT molecular complexity index is 171. The zero-order chi connectivity index (χ0) is 11.7. The highest BCUT2D eigenvalue weighted by molar-refractivity contribution is 9.09. The fraction of sp³-hybridized carbons (Fsp3) is 0.917. The van der Waals surface area contributed by atoms with E-state index in [1.165, 1.54) is 19.3 Å². The Labute approximate surface area is 102 Å². The Hall–Kier alpha value is -0.0500. The van der Waals surface area contributed by atoms with E-state index in [9.17, 15) is 4.79 Å². The second kappa shape index (κ2) is 9.20. The van der Waals surface area contributed by atoms with E-state index in [4.69, 9.17) is 0 Å². The SMILES string of the molecule is CCCCCCC(=O)NC(C)CC(C)Br.